The van der Waals surface area contributed by atoms with E-state index in [2.05, 4.69) is 40.7 Å². The Kier molecular flexibility index (Phi) is 8.70. The van der Waals surface area contributed by atoms with E-state index in [9.17, 15) is 0 Å². The van der Waals surface area contributed by atoms with E-state index in [0.29, 0.717) is 5.41 Å². The molecule has 0 saturated heterocycles. The quantitative estimate of drug-likeness (QED) is 0.344. The summed E-state index contributed by atoms with van der Waals surface area (Å²) in [7, 11) is 0. The van der Waals surface area contributed by atoms with Gasteiger partial charge in [0.05, 0.1) is 0 Å². The van der Waals surface area contributed by atoms with Crippen molar-refractivity contribution in [3.05, 3.63) is 11.6 Å². The summed E-state index contributed by atoms with van der Waals surface area (Å²) in [4.78, 5) is 0. The van der Waals surface area contributed by atoms with Crippen molar-refractivity contribution in [2.45, 2.75) is 86.0 Å². The van der Waals surface area contributed by atoms with Crippen LogP contribution >= 0.6 is 0 Å². The zero-order valence-corrected chi connectivity index (χ0v) is 12.2. The minimum absolute atomic E-state index is 0.355. The molecule has 0 aromatic heterocycles. The Hall–Kier alpha value is -0.260. The fraction of sp³-hybridized carbons (Fsp3) is 0.875. The molecule has 16 heavy (non-hydrogen) atoms. The van der Waals surface area contributed by atoms with Crippen molar-refractivity contribution in [1.82, 2.24) is 0 Å². The van der Waals surface area contributed by atoms with Gasteiger partial charge in [-0.1, -0.05) is 78.4 Å². The van der Waals surface area contributed by atoms with E-state index in [1.165, 1.54) is 51.4 Å². The van der Waals surface area contributed by atoms with E-state index in [-0.39, 0.29) is 0 Å². The average molecular weight is 224 g/mol. The van der Waals surface area contributed by atoms with Crippen molar-refractivity contribution in [1.29, 1.82) is 0 Å². The van der Waals surface area contributed by atoms with Gasteiger partial charge in [-0.15, -0.1) is 0 Å². The lowest BCUT2D eigenvalue weighted by Gasteiger charge is -2.15. The minimum Gasteiger partial charge on any atom is -0.0799 e. The SMILES string of the molecule is CCCCCCCCC(=CC(C)(C)C)CC. The van der Waals surface area contributed by atoms with Crippen LogP contribution in [0.1, 0.15) is 86.0 Å². The predicted molar refractivity (Wildman–Crippen MR) is 75.8 cm³/mol. The second-order valence-electron chi connectivity index (χ2n) is 6.04. The molecule has 0 amide bonds. The van der Waals surface area contributed by atoms with Crippen LogP contribution in [0.15, 0.2) is 11.6 Å². The summed E-state index contributed by atoms with van der Waals surface area (Å²) in [6, 6.07) is 0. The number of hydrogen-bond acceptors (Lipinski definition) is 0. The van der Waals surface area contributed by atoms with E-state index in [1.807, 2.05) is 0 Å². The fourth-order valence-corrected chi connectivity index (χ4v) is 2.10. The first-order chi connectivity index (χ1) is 7.49. The number of hydrogen-bond donors (Lipinski definition) is 0. The van der Waals surface area contributed by atoms with Gasteiger partial charge in [-0.05, 0) is 24.7 Å². The molecule has 0 rings (SSSR count). The van der Waals surface area contributed by atoms with E-state index >= 15 is 0 Å². The zero-order valence-electron chi connectivity index (χ0n) is 12.2. The number of rotatable bonds is 8. The van der Waals surface area contributed by atoms with Crippen molar-refractivity contribution in [2.24, 2.45) is 5.41 Å². The van der Waals surface area contributed by atoms with Crippen LogP contribution in [-0.2, 0) is 0 Å². The second kappa shape index (κ2) is 8.84. The summed E-state index contributed by atoms with van der Waals surface area (Å²) >= 11 is 0. The Morgan fingerprint density at radius 1 is 0.875 bits per heavy atom. The Bertz CT molecular complexity index is 181. The molecule has 0 heterocycles. The molecule has 0 aliphatic heterocycles. The van der Waals surface area contributed by atoms with Gasteiger partial charge in [0, 0.05) is 0 Å². The molecule has 0 aliphatic rings. The Morgan fingerprint density at radius 2 is 1.44 bits per heavy atom. The van der Waals surface area contributed by atoms with Crippen LogP contribution in [0.25, 0.3) is 0 Å². The lowest BCUT2D eigenvalue weighted by molar-refractivity contribution is 0.531. The topological polar surface area (TPSA) is 0 Å². The largest absolute Gasteiger partial charge is 0.0799 e. The molecule has 0 aromatic rings. The van der Waals surface area contributed by atoms with Crippen molar-refractivity contribution >= 4 is 0 Å². The molecule has 0 fully saturated rings. The van der Waals surface area contributed by atoms with Crippen LogP contribution in [0.5, 0.6) is 0 Å². The summed E-state index contributed by atoms with van der Waals surface area (Å²) in [6.07, 6.45) is 13.5. The summed E-state index contributed by atoms with van der Waals surface area (Å²) in [6.45, 7) is 11.5. The summed E-state index contributed by atoms with van der Waals surface area (Å²) in [5.41, 5.74) is 2.01. The molecular weight excluding hydrogens is 192 g/mol. The highest BCUT2D eigenvalue weighted by Gasteiger charge is 2.07. The molecule has 0 N–H and O–H groups in total. The van der Waals surface area contributed by atoms with Crippen LogP contribution in [0.2, 0.25) is 0 Å². The Balaban J connectivity index is 3.68. The molecule has 0 radical (unpaired) electrons. The van der Waals surface area contributed by atoms with Crippen LogP contribution in [0, 0.1) is 5.41 Å². The van der Waals surface area contributed by atoms with E-state index in [0.717, 1.165) is 0 Å². The van der Waals surface area contributed by atoms with Gasteiger partial charge in [-0.3, -0.25) is 0 Å². The van der Waals surface area contributed by atoms with Crippen LogP contribution in [0.3, 0.4) is 0 Å². The third kappa shape index (κ3) is 10.3. The average Bonchev–Trinajstić information content (AvgIpc) is 2.19. The smallest absolute Gasteiger partial charge is 0.0200 e. The fourth-order valence-electron chi connectivity index (χ4n) is 2.10. The van der Waals surface area contributed by atoms with Gasteiger partial charge in [-0.2, -0.15) is 0 Å². The van der Waals surface area contributed by atoms with E-state index < -0.39 is 0 Å². The van der Waals surface area contributed by atoms with Crippen LogP contribution in [0.4, 0.5) is 0 Å². The van der Waals surface area contributed by atoms with E-state index in [1.54, 1.807) is 5.57 Å². The zero-order chi connectivity index (χ0) is 12.4. The maximum absolute atomic E-state index is 2.47. The number of allylic oxidation sites excluding steroid dienone is 2. The first-order valence-corrected chi connectivity index (χ1v) is 7.20. The third-order valence-corrected chi connectivity index (χ3v) is 2.94. The molecule has 96 valence electrons. The highest BCUT2D eigenvalue weighted by atomic mass is 14.1. The summed E-state index contributed by atoms with van der Waals surface area (Å²) < 4.78 is 0. The second-order valence-corrected chi connectivity index (χ2v) is 6.04. The van der Waals surface area contributed by atoms with Gasteiger partial charge in [0.2, 0.25) is 0 Å². The molecule has 0 unspecified atom stereocenters. The monoisotopic (exact) mass is 224 g/mol. The van der Waals surface area contributed by atoms with Crippen LogP contribution in [-0.4, -0.2) is 0 Å². The van der Waals surface area contributed by atoms with E-state index in [4.69, 9.17) is 0 Å². The molecule has 0 heteroatoms. The van der Waals surface area contributed by atoms with Crippen molar-refractivity contribution in [3.63, 3.8) is 0 Å². The standard InChI is InChI=1S/C16H32/c1-6-8-9-10-11-12-13-15(7-2)14-16(3,4)5/h14H,6-13H2,1-5H3. The van der Waals surface area contributed by atoms with Gasteiger partial charge in [0.15, 0.2) is 0 Å². The lowest BCUT2D eigenvalue weighted by Crippen LogP contribution is -2.01. The predicted octanol–water partition coefficient (Wildman–Crippen LogP) is 6.12. The van der Waals surface area contributed by atoms with Crippen molar-refractivity contribution < 1.29 is 0 Å². The molecule has 0 aromatic carbocycles. The summed E-state index contributed by atoms with van der Waals surface area (Å²) in [5, 5.41) is 0. The number of unbranched alkanes of at least 4 members (excludes halogenated alkanes) is 5. The molecule has 0 saturated carbocycles. The Labute approximate surface area is 104 Å². The van der Waals surface area contributed by atoms with Gasteiger partial charge < -0.3 is 0 Å². The lowest BCUT2D eigenvalue weighted by atomic mass is 9.91. The molecule has 0 spiro atoms. The summed E-state index contributed by atoms with van der Waals surface area (Å²) in [5.74, 6) is 0. The Morgan fingerprint density at radius 3 is 1.94 bits per heavy atom. The third-order valence-electron chi connectivity index (χ3n) is 2.94. The molecular formula is C16H32. The first-order valence-electron chi connectivity index (χ1n) is 7.20. The van der Waals surface area contributed by atoms with Gasteiger partial charge in [0.1, 0.15) is 0 Å². The highest BCUT2D eigenvalue weighted by molar-refractivity contribution is 5.06. The van der Waals surface area contributed by atoms with Crippen LogP contribution < -0.4 is 0 Å². The maximum atomic E-state index is 2.47. The minimum atomic E-state index is 0.355. The van der Waals surface area contributed by atoms with Gasteiger partial charge >= 0.3 is 0 Å². The van der Waals surface area contributed by atoms with Gasteiger partial charge in [-0.25, -0.2) is 0 Å². The molecule has 0 aliphatic carbocycles. The molecule has 0 nitrogen and oxygen atoms in total. The highest BCUT2D eigenvalue weighted by Crippen LogP contribution is 2.22. The molecule has 0 bridgehead atoms. The molecule has 0 atom stereocenters. The normalized spacial score (nSPS) is 13.2. The first kappa shape index (κ1) is 15.7. The van der Waals surface area contributed by atoms with Crippen molar-refractivity contribution in [2.75, 3.05) is 0 Å². The van der Waals surface area contributed by atoms with Gasteiger partial charge in [0.25, 0.3) is 0 Å². The van der Waals surface area contributed by atoms with Crippen molar-refractivity contribution in [3.8, 4) is 0 Å². The maximum Gasteiger partial charge on any atom is -0.0200 e.